The van der Waals surface area contributed by atoms with Gasteiger partial charge in [0.1, 0.15) is 11.1 Å². The van der Waals surface area contributed by atoms with Gasteiger partial charge in [0.05, 0.1) is 17.0 Å². The third-order valence-corrected chi connectivity index (χ3v) is 8.79. The summed E-state index contributed by atoms with van der Waals surface area (Å²) in [6.07, 6.45) is 2.51. The number of nitrogens with one attached hydrogen (secondary N) is 1. The summed E-state index contributed by atoms with van der Waals surface area (Å²) in [5.41, 5.74) is 2.41. The van der Waals surface area contributed by atoms with Gasteiger partial charge in [0.15, 0.2) is 9.84 Å². The molecule has 164 valence electrons. The van der Waals surface area contributed by atoms with Crippen LogP contribution in [0.4, 0.5) is 0 Å². The zero-order valence-electron chi connectivity index (χ0n) is 17.0. The van der Waals surface area contributed by atoms with E-state index in [0.29, 0.717) is 18.1 Å². The quantitative estimate of drug-likeness (QED) is 0.716. The standard InChI is InChI=1S/C22H27ClN2O3S.ClH/c1-28-19-7-6-18-15-25(13-10-17(18)14-19)22(16-8-11-24-12-9-16)29(26,27)21-5-3-2-4-20(21)23;/h2-7,14,16,22,24H,8-13,15H2,1H3;1H. The highest BCUT2D eigenvalue weighted by Gasteiger charge is 2.41. The summed E-state index contributed by atoms with van der Waals surface area (Å²) in [7, 11) is -1.94. The van der Waals surface area contributed by atoms with Gasteiger partial charge in [0.25, 0.3) is 0 Å². The number of ether oxygens (including phenoxy) is 1. The minimum atomic E-state index is -3.60. The highest BCUT2D eigenvalue weighted by atomic mass is 35.5. The predicted molar refractivity (Wildman–Crippen MR) is 122 cm³/mol. The second-order valence-corrected chi connectivity index (χ2v) is 10.2. The normalized spacial score (nSPS) is 18.9. The summed E-state index contributed by atoms with van der Waals surface area (Å²) >= 11 is 6.32. The Morgan fingerprint density at radius 2 is 1.87 bits per heavy atom. The minimum absolute atomic E-state index is 0. The molecule has 2 aromatic carbocycles. The number of fused-ring (bicyclic) bond motifs is 1. The smallest absolute Gasteiger partial charge is 0.196 e. The lowest BCUT2D eigenvalue weighted by atomic mass is 9.94. The maximum absolute atomic E-state index is 13.8. The molecular weight excluding hydrogens is 443 g/mol. The Labute approximate surface area is 190 Å². The summed E-state index contributed by atoms with van der Waals surface area (Å²) in [5.74, 6) is 0.924. The molecule has 2 aliphatic rings. The fourth-order valence-electron chi connectivity index (χ4n) is 4.58. The zero-order chi connectivity index (χ0) is 20.4. The van der Waals surface area contributed by atoms with Crippen molar-refractivity contribution in [1.29, 1.82) is 0 Å². The third kappa shape index (κ3) is 4.63. The van der Waals surface area contributed by atoms with Crippen molar-refractivity contribution >= 4 is 33.8 Å². The molecule has 0 aliphatic carbocycles. The van der Waals surface area contributed by atoms with E-state index < -0.39 is 15.2 Å². The summed E-state index contributed by atoms with van der Waals surface area (Å²) in [5, 5.41) is 3.08. The van der Waals surface area contributed by atoms with Gasteiger partial charge in [-0.05, 0) is 73.7 Å². The van der Waals surface area contributed by atoms with Crippen LogP contribution in [0, 0.1) is 5.92 Å². The number of rotatable bonds is 5. The first kappa shape index (κ1) is 23.4. The molecule has 2 heterocycles. The Morgan fingerprint density at radius 3 is 2.57 bits per heavy atom. The van der Waals surface area contributed by atoms with Crippen molar-refractivity contribution in [3.8, 4) is 5.75 Å². The molecule has 0 amide bonds. The molecule has 1 N–H and O–H groups in total. The first-order valence-electron chi connectivity index (χ1n) is 10.1. The van der Waals surface area contributed by atoms with E-state index in [0.717, 1.165) is 38.1 Å². The molecule has 4 rings (SSSR count). The van der Waals surface area contributed by atoms with Crippen LogP contribution in [0.5, 0.6) is 5.75 Å². The van der Waals surface area contributed by atoms with Crippen LogP contribution in [-0.4, -0.2) is 45.4 Å². The first-order valence-corrected chi connectivity index (χ1v) is 12.0. The van der Waals surface area contributed by atoms with Crippen LogP contribution in [0.15, 0.2) is 47.4 Å². The Morgan fingerprint density at radius 1 is 1.13 bits per heavy atom. The number of halogens is 2. The van der Waals surface area contributed by atoms with Crippen LogP contribution in [-0.2, 0) is 22.8 Å². The average Bonchev–Trinajstić information content (AvgIpc) is 2.74. The van der Waals surface area contributed by atoms with E-state index in [1.165, 1.54) is 11.1 Å². The molecule has 5 nitrogen and oxygen atoms in total. The van der Waals surface area contributed by atoms with Gasteiger partial charge in [0.2, 0.25) is 0 Å². The lowest BCUT2D eigenvalue weighted by Crippen LogP contribution is -2.50. The van der Waals surface area contributed by atoms with E-state index >= 15 is 0 Å². The predicted octanol–water partition coefficient (Wildman–Crippen LogP) is 3.93. The fraction of sp³-hybridized carbons (Fsp3) is 0.455. The highest BCUT2D eigenvalue weighted by molar-refractivity contribution is 7.92. The molecule has 1 fully saturated rings. The largest absolute Gasteiger partial charge is 0.497 e. The molecule has 8 heteroatoms. The number of sulfone groups is 1. The zero-order valence-corrected chi connectivity index (χ0v) is 19.4. The molecule has 2 aliphatic heterocycles. The van der Waals surface area contributed by atoms with Crippen molar-refractivity contribution in [1.82, 2.24) is 10.2 Å². The van der Waals surface area contributed by atoms with Crippen molar-refractivity contribution in [2.75, 3.05) is 26.7 Å². The van der Waals surface area contributed by atoms with Gasteiger partial charge in [0, 0.05) is 13.1 Å². The van der Waals surface area contributed by atoms with E-state index in [1.54, 1.807) is 31.4 Å². The van der Waals surface area contributed by atoms with Gasteiger partial charge in [-0.3, -0.25) is 4.90 Å². The summed E-state index contributed by atoms with van der Waals surface area (Å²) in [4.78, 5) is 2.38. The molecule has 1 atom stereocenters. The van der Waals surface area contributed by atoms with Crippen LogP contribution in [0.1, 0.15) is 24.0 Å². The van der Waals surface area contributed by atoms with E-state index in [2.05, 4.69) is 22.3 Å². The number of piperidine rings is 1. The van der Waals surface area contributed by atoms with Crippen LogP contribution in [0.3, 0.4) is 0 Å². The molecular formula is C22H28Cl2N2O3S. The molecule has 1 unspecified atom stereocenters. The molecule has 0 bridgehead atoms. The van der Waals surface area contributed by atoms with Crippen molar-refractivity contribution in [2.24, 2.45) is 5.92 Å². The Balaban J connectivity index is 0.00000256. The minimum Gasteiger partial charge on any atom is -0.497 e. The highest BCUT2D eigenvalue weighted by Crippen LogP contribution is 2.36. The summed E-state index contributed by atoms with van der Waals surface area (Å²) < 4.78 is 32.9. The molecule has 1 saturated heterocycles. The number of hydrogen-bond acceptors (Lipinski definition) is 5. The maximum atomic E-state index is 13.8. The average molecular weight is 471 g/mol. The van der Waals surface area contributed by atoms with E-state index in [4.69, 9.17) is 16.3 Å². The second kappa shape index (κ2) is 9.88. The third-order valence-electron chi connectivity index (χ3n) is 6.06. The second-order valence-electron chi connectivity index (χ2n) is 7.81. The molecule has 0 radical (unpaired) electrons. The number of benzene rings is 2. The molecule has 30 heavy (non-hydrogen) atoms. The fourth-order valence-corrected chi connectivity index (χ4v) is 7.26. The van der Waals surface area contributed by atoms with Gasteiger partial charge in [-0.2, -0.15) is 0 Å². The molecule has 2 aromatic rings. The van der Waals surface area contributed by atoms with Crippen LogP contribution in [0.2, 0.25) is 5.02 Å². The van der Waals surface area contributed by atoms with Crippen LogP contribution in [0.25, 0.3) is 0 Å². The van der Waals surface area contributed by atoms with Crippen molar-refractivity contribution in [2.45, 2.75) is 36.1 Å². The Hall–Kier alpha value is -1.31. The van der Waals surface area contributed by atoms with Gasteiger partial charge < -0.3 is 10.1 Å². The first-order chi connectivity index (χ1) is 14.0. The van der Waals surface area contributed by atoms with Gasteiger partial charge >= 0.3 is 0 Å². The lowest BCUT2D eigenvalue weighted by Gasteiger charge is -2.40. The van der Waals surface area contributed by atoms with Gasteiger partial charge in [-0.15, -0.1) is 12.4 Å². The molecule has 0 saturated carbocycles. The van der Waals surface area contributed by atoms with E-state index in [9.17, 15) is 8.42 Å². The molecule has 0 spiro atoms. The van der Waals surface area contributed by atoms with Crippen molar-refractivity contribution in [3.05, 3.63) is 58.6 Å². The topological polar surface area (TPSA) is 58.6 Å². The number of methoxy groups -OCH3 is 1. The van der Waals surface area contributed by atoms with Crippen LogP contribution >= 0.6 is 24.0 Å². The molecule has 0 aromatic heterocycles. The maximum Gasteiger partial charge on any atom is 0.196 e. The Bertz CT molecular complexity index is 978. The van der Waals surface area contributed by atoms with E-state index in [-0.39, 0.29) is 23.2 Å². The number of nitrogens with zero attached hydrogens (tertiary/aromatic N) is 1. The van der Waals surface area contributed by atoms with Crippen molar-refractivity contribution < 1.29 is 13.2 Å². The SMILES string of the molecule is COc1ccc2c(c1)CCN(C(C1CCNCC1)S(=O)(=O)c1ccccc1Cl)C2.Cl. The van der Waals surface area contributed by atoms with Gasteiger partial charge in [-0.1, -0.05) is 29.8 Å². The van der Waals surface area contributed by atoms with Crippen LogP contribution < -0.4 is 10.1 Å². The lowest BCUT2D eigenvalue weighted by molar-refractivity contribution is 0.159. The summed E-state index contributed by atoms with van der Waals surface area (Å²) in [6.45, 7) is 3.03. The Kier molecular flexibility index (Phi) is 7.69. The number of hydrogen-bond donors (Lipinski definition) is 1. The van der Waals surface area contributed by atoms with Gasteiger partial charge in [-0.25, -0.2) is 8.42 Å². The summed E-state index contributed by atoms with van der Waals surface area (Å²) in [6, 6.07) is 12.9. The van der Waals surface area contributed by atoms with E-state index in [1.807, 2.05) is 6.07 Å². The van der Waals surface area contributed by atoms with Crippen molar-refractivity contribution in [3.63, 3.8) is 0 Å². The monoisotopic (exact) mass is 470 g/mol.